The average molecular weight is 249 g/mol. The molecule has 2 aromatic rings. The molecule has 5 nitrogen and oxygen atoms in total. The SMILES string of the molecule is CCCc1nsc(NCc2ccnc(C)n2)n1. The summed E-state index contributed by atoms with van der Waals surface area (Å²) < 4.78 is 4.27. The monoisotopic (exact) mass is 249 g/mol. The van der Waals surface area contributed by atoms with Gasteiger partial charge in [0.05, 0.1) is 12.2 Å². The maximum Gasteiger partial charge on any atom is 0.202 e. The van der Waals surface area contributed by atoms with Gasteiger partial charge >= 0.3 is 0 Å². The fraction of sp³-hybridized carbons (Fsp3) is 0.455. The number of rotatable bonds is 5. The standard InChI is InChI=1S/C11H15N5S/c1-3-4-10-15-11(17-16-10)13-7-9-5-6-12-8(2)14-9/h5-6H,3-4,7H2,1-2H3,(H,13,15,16). The normalized spacial score (nSPS) is 10.5. The Kier molecular flexibility index (Phi) is 3.98. The van der Waals surface area contributed by atoms with Gasteiger partial charge in [0.1, 0.15) is 11.6 Å². The van der Waals surface area contributed by atoms with Gasteiger partial charge in [-0.3, -0.25) is 0 Å². The summed E-state index contributed by atoms with van der Waals surface area (Å²) in [6, 6.07) is 1.90. The summed E-state index contributed by atoms with van der Waals surface area (Å²) in [5.74, 6) is 1.70. The van der Waals surface area contributed by atoms with Crippen LogP contribution in [0.5, 0.6) is 0 Å². The molecule has 2 rings (SSSR count). The summed E-state index contributed by atoms with van der Waals surface area (Å²) >= 11 is 1.40. The molecule has 2 heterocycles. The molecule has 0 unspecified atom stereocenters. The van der Waals surface area contributed by atoms with Crippen molar-refractivity contribution >= 4 is 16.7 Å². The van der Waals surface area contributed by atoms with Crippen LogP contribution in [0.15, 0.2) is 12.3 Å². The van der Waals surface area contributed by atoms with E-state index < -0.39 is 0 Å². The summed E-state index contributed by atoms with van der Waals surface area (Å²) in [5, 5.41) is 4.07. The Balaban J connectivity index is 1.93. The third kappa shape index (κ3) is 3.45. The quantitative estimate of drug-likeness (QED) is 0.880. The average Bonchev–Trinajstić information content (AvgIpc) is 2.75. The first-order valence-electron chi connectivity index (χ1n) is 5.63. The molecule has 90 valence electrons. The third-order valence-corrected chi connectivity index (χ3v) is 2.91. The van der Waals surface area contributed by atoms with Crippen LogP contribution in [0, 0.1) is 6.92 Å². The Labute approximate surface area is 105 Å². The Morgan fingerprint density at radius 1 is 1.35 bits per heavy atom. The van der Waals surface area contributed by atoms with Crippen molar-refractivity contribution in [1.82, 2.24) is 19.3 Å². The second kappa shape index (κ2) is 5.67. The molecule has 0 amide bonds. The van der Waals surface area contributed by atoms with Crippen LogP contribution in [0.2, 0.25) is 0 Å². The fourth-order valence-electron chi connectivity index (χ4n) is 1.42. The zero-order chi connectivity index (χ0) is 12.1. The van der Waals surface area contributed by atoms with Gasteiger partial charge in [0.25, 0.3) is 0 Å². The van der Waals surface area contributed by atoms with E-state index in [1.165, 1.54) is 11.5 Å². The molecule has 0 aliphatic carbocycles. The van der Waals surface area contributed by atoms with Gasteiger partial charge in [-0.05, 0) is 19.4 Å². The third-order valence-electron chi connectivity index (χ3n) is 2.20. The molecule has 0 saturated heterocycles. The van der Waals surface area contributed by atoms with Crippen LogP contribution in [0.3, 0.4) is 0 Å². The zero-order valence-corrected chi connectivity index (χ0v) is 10.8. The molecule has 6 heteroatoms. The number of aromatic nitrogens is 4. The zero-order valence-electron chi connectivity index (χ0n) is 9.97. The lowest BCUT2D eigenvalue weighted by atomic mass is 10.3. The minimum atomic E-state index is 0.657. The Morgan fingerprint density at radius 2 is 2.24 bits per heavy atom. The minimum Gasteiger partial charge on any atom is -0.355 e. The molecule has 0 atom stereocenters. The lowest BCUT2D eigenvalue weighted by Gasteiger charge is -2.01. The molecule has 0 aliphatic rings. The van der Waals surface area contributed by atoms with Crippen LogP contribution in [0.25, 0.3) is 0 Å². The predicted octanol–water partition coefficient (Wildman–Crippen LogP) is 2.20. The summed E-state index contributed by atoms with van der Waals surface area (Å²) in [6.07, 6.45) is 3.77. The minimum absolute atomic E-state index is 0.657. The molecular weight excluding hydrogens is 234 g/mol. The molecule has 17 heavy (non-hydrogen) atoms. The summed E-state index contributed by atoms with van der Waals surface area (Å²) in [7, 11) is 0. The van der Waals surface area contributed by atoms with Gasteiger partial charge in [-0.15, -0.1) is 0 Å². The second-order valence-corrected chi connectivity index (χ2v) is 4.47. The van der Waals surface area contributed by atoms with Crippen LogP contribution in [-0.4, -0.2) is 19.3 Å². The van der Waals surface area contributed by atoms with Gasteiger partial charge in [0, 0.05) is 24.2 Å². The highest BCUT2D eigenvalue weighted by Gasteiger charge is 2.03. The maximum atomic E-state index is 4.39. The molecular formula is C11H15N5S. The van der Waals surface area contributed by atoms with Crippen molar-refractivity contribution in [2.45, 2.75) is 33.2 Å². The highest BCUT2D eigenvalue weighted by atomic mass is 32.1. The van der Waals surface area contributed by atoms with Gasteiger partial charge in [0.2, 0.25) is 5.13 Å². The maximum absolute atomic E-state index is 4.39. The van der Waals surface area contributed by atoms with Crippen LogP contribution in [0.4, 0.5) is 5.13 Å². The summed E-state index contributed by atoms with van der Waals surface area (Å²) in [6.45, 7) is 4.66. The van der Waals surface area contributed by atoms with Crippen LogP contribution < -0.4 is 5.32 Å². The van der Waals surface area contributed by atoms with Gasteiger partial charge < -0.3 is 5.32 Å². The lowest BCUT2D eigenvalue weighted by molar-refractivity contribution is 0.860. The molecule has 0 aromatic carbocycles. The van der Waals surface area contributed by atoms with Crippen molar-refractivity contribution in [3.8, 4) is 0 Å². The molecule has 1 N–H and O–H groups in total. The van der Waals surface area contributed by atoms with Crippen LogP contribution >= 0.6 is 11.5 Å². The number of hydrogen-bond acceptors (Lipinski definition) is 6. The predicted molar refractivity (Wildman–Crippen MR) is 68.0 cm³/mol. The topological polar surface area (TPSA) is 63.6 Å². The number of aryl methyl sites for hydroxylation is 2. The van der Waals surface area contributed by atoms with E-state index in [4.69, 9.17) is 0 Å². The van der Waals surface area contributed by atoms with Crippen molar-refractivity contribution in [2.24, 2.45) is 0 Å². The Morgan fingerprint density at radius 3 is 3.00 bits per heavy atom. The van der Waals surface area contributed by atoms with Crippen molar-refractivity contribution < 1.29 is 0 Å². The van der Waals surface area contributed by atoms with Crippen molar-refractivity contribution in [3.05, 3.63) is 29.6 Å². The van der Waals surface area contributed by atoms with Crippen molar-refractivity contribution in [2.75, 3.05) is 5.32 Å². The van der Waals surface area contributed by atoms with Gasteiger partial charge in [0.15, 0.2) is 0 Å². The first-order valence-corrected chi connectivity index (χ1v) is 6.40. The number of nitrogens with zero attached hydrogens (tertiary/aromatic N) is 4. The smallest absolute Gasteiger partial charge is 0.202 e. The second-order valence-electron chi connectivity index (χ2n) is 3.71. The van der Waals surface area contributed by atoms with Crippen LogP contribution in [0.1, 0.15) is 30.7 Å². The number of hydrogen-bond donors (Lipinski definition) is 1. The van der Waals surface area contributed by atoms with Crippen LogP contribution in [-0.2, 0) is 13.0 Å². The van der Waals surface area contributed by atoms with E-state index >= 15 is 0 Å². The van der Waals surface area contributed by atoms with Gasteiger partial charge in [-0.2, -0.15) is 4.37 Å². The summed E-state index contributed by atoms with van der Waals surface area (Å²) in [5.41, 5.74) is 0.963. The summed E-state index contributed by atoms with van der Waals surface area (Å²) in [4.78, 5) is 12.8. The highest BCUT2D eigenvalue weighted by Crippen LogP contribution is 2.12. The first-order chi connectivity index (χ1) is 8.28. The van der Waals surface area contributed by atoms with Crippen molar-refractivity contribution in [1.29, 1.82) is 0 Å². The van der Waals surface area contributed by atoms with E-state index in [9.17, 15) is 0 Å². The molecule has 0 saturated carbocycles. The molecule has 0 radical (unpaired) electrons. The van der Waals surface area contributed by atoms with E-state index in [-0.39, 0.29) is 0 Å². The van der Waals surface area contributed by atoms with E-state index in [0.29, 0.717) is 6.54 Å². The molecule has 0 aliphatic heterocycles. The fourth-order valence-corrected chi connectivity index (χ4v) is 2.03. The van der Waals surface area contributed by atoms with E-state index in [2.05, 4.69) is 31.6 Å². The Hall–Kier alpha value is -1.56. The molecule has 0 fully saturated rings. The highest BCUT2D eigenvalue weighted by molar-refractivity contribution is 7.09. The Bertz CT molecular complexity index is 482. The van der Waals surface area contributed by atoms with E-state index in [1.807, 2.05) is 13.0 Å². The van der Waals surface area contributed by atoms with Crippen molar-refractivity contribution in [3.63, 3.8) is 0 Å². The first kappa shape index (κ1) is 11.9. The van der Waals surface area contributed by atoms with E-state index in [1.54, 1.807) is 6.20 Å². The van der Waals surface area contributed by atoms with E-state index in [0.717, 1.165) is 35.3 Å². The lowest BCUT2D eigenvalue weighted by Crippen LogP contribution is -2.03. The molecule has 0 spiro atoms. The number of anilines is 1. The van der Waals surface area contributed by atoms with Gasteiger partial charge in [-0.1, -0.05) is 6.92 Å². The molecule has 0 bridgehead atoms. The number of nitrogens with one attached hydrogen (secondary N) is 1. The largest absolute Gasteiger partial charge is 0.355 e. The van der Waals surface area contributed by atoms with Gasteiger partial charge in [-0.25, -0.2) is 15.0 Å². The molecule has 2 aromatic heterocycles.